The first-order valence-corrected chi connectivity index (χ1v) is 6.36. The van der Waals surface area contributed by atoms with Gasteiger partial charge in [-0.2, -0.15) is 0 Å². The molecule has 0 aliphatic carbocycles. The maximum absolute atomic E-state index is 11.8. The van der Waals surface area contributed by atoms with E-state index in [1.165, 1.54) is 12.2 Å². The van der Waals surface area contributed by atoms with E-state index in [-0.39, 0.29) is 17.2 Å². The van der Waals surface area contributed by atoms with Gasteiger partial charge in [0.2, 0.25) is 5.91 Å². The topological polar surface area (TPSA) is 29.5 Å². The highest BCUT2D eigenvalue weighted by Gasteiger charge is 2.21. The Morgan fingerprint density at radius 1 is 1.50 bits per heavy atom. The van der Waals surface area contributed by atoms with Gasteiger partial charge in [-0.1, -0.05) is 45.1 Å². The minimum absolute atomic E-state index is 0.0209. The van der Waals surface area contributed by atoms with Crippen LogP contribution in [0, 0.1) is 11.3 Å². The highest BCUT2D eigenvalue weighted by atomic mass is 16.7. The first kappa shape index (κ1) is 16.9. The number of hydrogen-bond donors (Lipinski definition) is 0. The van der Waals surface area contributed by atoms with Crippen molar-refractivity contribution in [3.63, 3.8) is 0 Å². The molecule has 0 aliphatic rings. The zero-order chi connectivity index (χ0) is 14.3. The van der Waals surface area contributed by atoms with Crippen molar-refractivity contribution in [2.45, 2.75) is 40.5 Å². The normalized spacial score (nSPS) is 13.7. The molecule has 0 aromatic carbocycles. The molecule has 0 unspecified atom stereocenters. The van der Waals surface area contributed by atoms with E-state index in [1.807, 2.05) is 19.9 Å². The first-order valence-electron chi connectivity index (χ1n) is 6.36. The molecule has 0 aromatic heterocycles. The Hall–Kier alpha value is -1.09. The van der Waals surface area contributed by atoms with Crippen LogP contribution >= 0.6 is 0 Å². The molecule has 0 aliphatic heterocycles. The lowest BCUT2D eigenvalue weighted by Gasteiger charge is -2.24. The number of hydroxylamine groups is 2. The molecule has 0 fully saturated rings. The first-order chi connectivity index (χ1) is 8.19. The second kappa shape index (κ2) is 7.37. The molecule has 1 amide bonds. The van der Waals surface area contributed by atoms with Gasteiger partial charge in [0.05, 0.1) is 7.11 Å². The predicted octanol–water partition coefficient (Wildman–Crippen LogP) is 3.58. The highest BCUT2D eigenvalue weighted by Crippen LogP contribution is 2.27. The van der Waals surface area contributed by atoms with Crippen LogP contribution < -0.4 is 0 Å². The lowest BCUT2D eigenvalue weighted by Crippen LogP contribution is -2.31. The van der Waals surface area contributed by atoms with Crippen molar-refractivity contribution in [3.8, 4) is 0 Å². The molecule has 3 heteroatoms. The number of rotatable bonds is 7. The maximum atomic E-state index is 11.8. The lowest BCUT2D eigenvalue weighted by molar-refractivity contribution is -0.173. The van der Waals surface area contributed by atoms with Gasteiger partial charge in [-0.15, -0.1) is 0 Å². The van der Waals surface area contributed by atoms with E-state index in [0.717, 1.165) is 18.4 Å². The zero-order valence-electron chi connectivity index (χ0n) is 12.6. The van der Waals surface area contributed by atoms with Crippen molar-refractivity contribution in [1.29, 1.82) is 0 Å². The summed E-state index contributed by atoms with van der Waals surface area (Å²) >= 11 is 0. The van der Waals surface area contributed by atoms with Crippen LogP contribution in [0.4, 0.5) is 0 Å². The summed E-state index contributed by atoms with van der Waals surface area (Å²) in [5.41, 5.74) is 1.13. The van der Waals surface area contributed by atoms with Crippen LogP contribution in [0.1, 0.15) is 40.5 Å². The number of amides is 1. The SMILES string of the molecule is C=C(C)/C=C/C(C)(C)CC[C@@H](C)C(=O)N(C)OC. The molecule has 0 spiro atoms. The number of allylic oxidation sites excluding steroid dienone is 3. The zero-order valence-corrected chi connectivity index (χ0v) is 12.6. The molecule has 0 radical (unpaired) electrons. The van der Waals surface area contributed by atoms with Gasteiger partial charge in [-0.3, -0.25) is 9.63 Å². The number of carbonyl (C=O) groups is 1. The molecule has 0 bridgehead atoms. The lowest BCUT2D eigenvalue weighted by atomic mass is 9.84. The van der Waals surface area contributed by atoms with E-state index >= 15 is 0 Å². The van der Waals surface area contributed by atoms with Crippen molar-refractivity contribution >= 4 is 5.91 Å². The van der Waals surface area contributed by atoms with Crippen LogP contribution in [-0.4, -0.2) is 25.1 Å². The molecule has 104 valence electrons. The van der Waals surface area contributed by atoms with Crippen LogP contribution in [0.2, 0.25) is 0 Å². The molecule has 0 saturated heterocycles. The minimum Gasteiger partial charge on any atom is -0.275 e. The Morgan fingerprint density at radius 2 is 2.06 bits per heavy atom. The molecule has 18 heavy (non-hydrogen) atoms. The van der Waals surface area contributed by atoms with Gasteiger partial charge >= 0.3 is 0 Å². The molecule has 0 rings (SSSR count). The van der Waals surface area contributed by atoms with Crippen LogP contribution in [0.3, 0.4) is 0 Å². The monoisotopic (exact) mass is 253 g/mol. The van der Waals surface area contributed by atoms with Crippen molar-refractivity contribution in [1.82, 2.24) is 5.06 Å². The van der Waals surface area contributed by atoms with Gasteiger partial charge in [-0.05, 0) is 25.2 Å². The largest absolute Gasteiger partial charge is 0.275 e. The summed E-state index contributed by atoms with van der Waals surface area (Å²) in [7, 11) is 3.15. The fraction of sp³-hybridized carbons (Fsp3) is 0.667. The molecule has 1 atom stereocenters. The number of carbonyl (C=O) groups excluding carboxylic acids is 1. The standard InChI is InChI=1S/C15H27NO2/c1-12(2)8-10-15(4,5)11-9-13(3)14(17)16(6)18-7/h8,10,13H,1,9,11H2,2-7H3/b10-8+/t13-/m1/s1. The molecule has 0 aromatic rings. The summed E-state index contributed by atoms with van der Waals surface area (Å²) in [5.74, 6) is 0.00429. The molecular weight excluding hydrogens is 226 g/mol. The molecule has 0 heterocycles. The van der Waals surface area contributed by atoms with Crippen LogP contribution in [0.25, 0.3) is 0 Å². The Bertz CT molecular complexity index is 318. The van der Waals surface area contributed by atoms with Gasteiger partial charge < -0.3 is 0 Å². The fourth-order valence-electron chi connectivity index (χ4n) is 1.56. The third-order valence-corrected chi connectivity index (χ3v) is 3.05. The Balaban J connectivity index is 4.31. The third-order valence-electron chi connectivity index (χ3n) is 3.05. The molecular formula is C15H27NO2. The van der Waals surface area contributed by atoms with Gasteiger partial charge in [-0.25, -0.2) is 5.06 Å². The summed E-state index contributed by atoms with van der Waals surface area (Å²) in [4.78, 5) is 16.7. The summed E-state index contributed by atoms with van der Waals surface area (Å²) in [6, 6.07) is 0. The smallest absolute Gasteiger partial charge is 0.248 e. The van der Waals surface area contributed by atoms with Crippen molar-refractivity contribution < 1.29 is 9.63 Å². The molecule has 0 N–H and O–H groups in total. The van der Waals surface area contributed by atoms with Crippen LogP contribution in [0.5, 0.6) is 0 Å². The predicted molar refractivity (Wildman–Crippen MR) is 75.9 cm³/mol. The number of hydrogen-bond acceptors (Lipinski definition) is 2. The summed E-state index contributed by atoms with van der Waals surface area (Å²) in [6.07, 6.45) is 6.00. The van der Waals surface area contributed by atoms with Gasteiger partial charge in [0.25, 0.3) is 0 Å². The second-order valence-electron chi connectivity index (χ2n) is 5.63. The maximum Gasteiger partial charge on any atom is 0.248 e. The van der Waals surface area contributed by atoms with Crippen LogP contribution in [0.15, 0.2) is 24.3 Å². The quantitative estimate of drug-likeness (QED) is 0.512. The van der Waals surface area contributed by atoms with Gasteiger partial charge in [0.15, 0.2) is 0 Å². The van der Waals surface area contributed by atoms with E-state index in [2.05, 4.69) is 26.5 Å². The summed E-state index contributed by atoms with van der Waals surface area (Å²) in [6.45, 7) is 12.1. The Kier molecular flexibility index (Phi) is 6.92. The van der Waals surface area contributed by atoms with E-state index in [0.29, 0.717) is 0 Å². The van der Waals surface area contributed by atoms with Gasteiger partial charge in [0, 0.05) is 13.0 Å². The molecule has 3 nitrogen and oxygen atoms in total. The Morgan fingerprint density at radius 3 is 2.50 bits per heavy atom. The van der Waals surface area contributed by atoms with E-state index in [1.54, 1.807) is 7.05 Å². The van der Waals surface area contributed by atoms with Crippen molar-refractivity contribution in [2.24, 2.45) is 11.3 Å². The third kappa shape index (κ3) is 6.60. The Labute approximate surface area is 111 Å². The summed E-state index contributed by atoms with van der Waals surface area (Å²) < 4.78 is 0. The average molecular weight is 253 g/mol. The highest BCUT2D eigenvalue weighted by molar-refractivity contribution is 5.77. The van der Waals surface area contributed by atoms with E-state index < -0.39 is 0 Å². The summed E-state index contributed by atoms with van der Waals surface area (Å²) in [5, 5.41) is 1.29. The minimum atomic E-state index is -0.0209. The van der Waals surface area contributed by atoms with Crippen molar-refractivity contribution in [3.05, 3.63) is 24.3 Å². The van der Waals surface area contributed by atoms with E-state index in [9.17, 15) is 4.79 Å². The van der Waals surface area contributed by atoms with Crippen LogP contribution in [-0.2, 0) is 9.63 Å². The van der Waals surface area contributed by atoms with Crippen molar-refractivity contribution in [2.75, 3.05) is 14.2 Å². The molecule has 0 saturated carbocycles. The number of nitrogens with zero attached hydrogens (tertiary/aromatic N) is 1. The fourth-order valence-corrected chi connectivity index (χ4v) is 1.56. The average Bonchev–Trinajstić information content (AvgIpc) is 2.31. The van der Waals surface area contributed by atoms with E-state index in [4.69, 9.17) is 4.84 Å². The van der Waals surface area contributed by atoms with Gasteiger partial charge in [0.1, 0.15) is 0 Å². The second-order valence-corrected chi connectivity index (χ2v) is 5.63.